The van der Waals surface area contributed by atoms with E-state index in [0.29, 0.717) is 0 Å². The minimum absolute atomic E-state index is 0.141. The van der Waals surface area contributed by atoms with Crippen LogP contribution in [-0.2, 0) is 6.54 Å². The van der Waals surface area contributed by atoms with Gasteiger partial charge in [-0.2, -0.15) is 0 Å². The first kappa shape index (κ1) is 14.8. The Morgan fingerprint density at radius 1 is 1.05 bits per heavy atom. The Labute approximate surface area is 127 Å². The first-order valence-electron chi connectivity index (χ1n) is 8.14. The molecule has 3 rings (SSSR count). The van der Waals surface area contributed by atoms with Gasteiger partial charge in [-0.15, -0.1) is 0 Å². The summed E-state index contributed by atoms with van der Waals surface area (Å²) >= 11 is 0. The first-order chi connectivity index (χ1) is 10.3. The average molecular weight is 290 g/mol. The van der Waals surface area contributed by atoms with E-state index >= 15 is 0 Å². The van der Waals surface area contributed by atoms with Gasteiger partial charge in [-0.25, -0.2) is 0 Å². The lowest BCUT2D eigenvalue weighted by Crippen LogP contribution is -2.25. The van der Waals surface area contributed by atoms with Crippen LogP contribution in [0.25, 0.3) is 0 Å². The van der Waals surface area contributed by atoms with Crippen LogP contribution < -0.4 is 4.74 Å². The summed E-state index contributed by atoms with van der Waals surface area (Å²) in [6, 6.07) is 8.39. The van der Waals surface area contributed by atoms with Crippen LogP contribution in [0, 0.1) is 0 Å². The predicted molar refractivity (Wildman–Crippen MR) is 83.5 cm³/mol. The van der Waals surface area contributed by atoms with Crippen molar-refractivity contribution in [1.82, 2.24) is 9.80 Å². The smallest absolute Gasteiger partial charge is 0.119 e. The maximum atomic E-state index is 9.54. The van der Waals surface area contributed by atoms with Crippen molar-refractivity contribution in [3.63, 3.8) is 0 Å². The van der Waals surface area contributed by atoms with Crippen LogP contribution in [-0.4, -0.2) is 60.3 Å². The van der Waals surface area contributed by atoms with Crippen LogP contribution in [0.2, 0.25) is 0 Å². The topological polar surface area (TPSA) is 35.9 Å². The molecule has 1 atom stereocenters. The molecule has 0 saturated carbocycles. The van der Waals surface area contributed by atoms with E-state index in [2.05, 4.69) is 34.1 Å². The summed E-state index contributed by atoms with van der Waals surface area (Å²) in [4.78, 5) is 4.76. The van der Waals surface area contributed by atoms with Crippen molar-refractivity contribution < 1.29 is 9.84 Å². The van der Waals surface area contributed by atoms with Crippen LogP contribution in [0.1, 0.15) is 24.8 Å². The lowest BCUT2D eigenvalue weighted by molar-refractivity contribution is 0.175. The van der Waals surface area contributed by atoms with Gasteiger partial charge in [0, 0.05) is 26.2 Å². The number of hydrogen-bond donors (Lipinski definition) is 1. The summed E-state index contributed by atoms with van der Waals surface area (Å²) in [7, 11) is 0. The molecule has 0 aromatic heterocycles. The summed E-state index contributed by atoms with van der Waals surface area (Å²) in [5, 5.41) is 9.54. The second-order valence-electron chi connectivity index (χ2n) is 6.22. The summed E-state index contributed by atoms with van der Waals surface area (Å²) in [6.45, 7) is 6.98. The number of aliphatic hydroxyl groups is 1. The molecule has 0 amide bonds. The highest BCUT2D eigenvalue weighted by Gasteiger charge is 2.19. The molecular weight excluding hydrogens is 264 g/mol. The molecule has 1 aromatic carbocycles. The minimum Gasteiger partial charge on any atom is -0.492 e. The quantitative estimate of drug-likeness (QED) is 0.865. The van der Waals surface area contributed by atoms with Crippen molar-refractivity contribution in [2.45, 2.75) is 31.9 Å². The molecule has 0 bridgehead atoms. The van der Waals surface area contributed by atoms with Crippen molar-refractivity contribution >= 4 is 0 Å². The molecule has 0 spiro atoms. The second-order valence-corrected chi connectivity index (χ2v) is 6.22. The van der Waals surface area contributed by atoms with Crippen molar-refractivity contribution in [1.29, 1.82) is 0 Å². The van der Waals surface area contributed by atoms with Crippen molar-refractivity contribution in [3.8, 4) is 5.75 Å². The molecule has 21 heavy (non-hydrogen) atoms. The number of β-amino-alcohol motifs (C(OH)–C–C–N with tert-alkyl or cyclic N) is 1. The molecule has 1 aromatic rings. The highest BCUT2D eigenvalue weighted by Crippen LogP contribution is 2.17. The maximum Gasteiger partial charge on any atom is 0.119 e. The third kappa shape index (κ3) is 4.43. The van der Waals surface area contributed by atoms with E-state index in [0.717, 1.165) is 45.0 Å². The zero-order valence-corrected chi connectivity index (χ0v) is 12.7. The first-order valence-corrected chi connectivity index (χ1v) is 8.14. The number of likely N-dealkylation sites (tertiary alicyclic amines) is 2. The largest absolute Gasteiger partial charge is 0.492 e. The van der Waals surface area contributed by atoms with E-state index in [1.807, 2.05) is 0 Å². The summed E-state index contributed by atoms with van der Waals surface area (Å²) in [5.41, 5.74) is 1.29. The van der Waals surface area contributed by atoms with Crippen LogP contribution in [0.3, 0.4) is 0 Å². The third-order valence-electron chi connectivity index (χ3n) is 4.45. The molecule has 4 heteroatoms. The third-order valence-corrected chi connectivity index (χ3v) is 4.45. The Morgan fingerprint density at radius 2 is 1.81 bits per heavy atom. The fourth-order valence-corrected chi connectivity index (χ4v) is 3.20. The SMILES string of the molecule is O[C@@H]1CCN(Cc2ccc(OCCN3CCCC3)cc2)C1. The van der Waals surface area contributed by atoms with Crippen LogP contribution in [0.5, 0.6) is 5.75 Å². The summed E-state index contributed by atoms with van der Waals surface area (Å²) in [5.74, 6) is 0.958. The van der Waals surface area contributed by atoms with Gasteiger partial charge in [-0.1, -0.05) is 12.1 Å². The van der Waals surface area contributed by atoms with E-state index in [9.17, 15) is 5.11 Å². The van der Waals surface area contributed by atoms with Gasteiger partial charge in [0.05, 0.1) is 6.10 Å². The normalized spacial score (nSPS) is 23.8. The highest BCUT2D eigenvalue weighted by molar-refractivity contribution is 5.27. The molecule has 0 radical (unpaired) electrons. The lowest BCUT2D eigenvalue weighted by Gasteiger charge is -2.16. The number of aliphatic hydroxyl groups excluding tert-OH is 1. The molecule has 2 aliphatic heterocycles. The van der Waals surface area contributed by atoms with Gasteiger partial charge in [-0.3, -0.25) is 9.80 Å². The Hall–Kier alpha value is -1.10. The predicted octanol–water partition coefficient (Wildman–Crippen LogP) is 1.73. The van der Waals surface area contributed by atoms with Gasteiger partial charge in [0.1, 0.15) is 12.4 Å². The number of nitrogens with zero attached hydrogens (tertiary/aromatic N) is 2. The van der Waals surface area contributed by atoms with E-state index < -0.39 is 0 Å². The van der Waals surface area contributed by atoms with Gasteiger partial charge in [-0.05, 0) is 50.0 Å². The molecule has 2 aliphatic rings. The maximum absolute atomic E-state index is 9.54. The summed E-state index contributed by atoms with van der Waals surface area (Å²) < 4.78 is 5.81. The monoisotopic (exact) mass is 290 g/mol. The Kier molecular flexibility index (Phi) is 5.12. The molecule has 0 aliphatic carbocycles. The molecule has 2 heterocycles. The molecule has 116 valence electrons. The number of benzene rings is 1. The van der Waals surface area contributed by atoms with Gasteiger partial charge >= 0.3 is 0 Å². The Balaban J connectivity index is 1.41. The molecule has 0 unspecified atom stereocenters. The van der Waals surface area contributed by atoms with Gasteiger partial charge < -0.3 is 9.84 Å². The minimum atomic E-state index is -0.141. The lowest BCUT2D eigenvalue weighted by atomic mass is 10.2. The standard InChI is InChI=1S/C17H26N2O2/c20-16-7-10-19(14-16)13-15-3-5-17(6-4-15)21-12-11-18-8-1-2-9-18/h3-6,16,20H,1-2,7-14H2/t16-/m1/s1. The molecule has 2 saturated heterocycles. The molecule has 2 fully saturated rings. The van der Waals surface area contributed by atoms with Crippen LogP contribution in [0.4, 0.5) is 0 Å². The number of rotatable bonds is 6. The fourth-order valence-electron chi connectivity index (χ4n) is 3.20. The second kappa shape index (κ2) is 7.25. The van der Waals surface area contributed by atoms with Crippen molar-refractivity contribution in [3.05, 3.63) is 29.8 Å². The average Bonchev–Trinajstić information content (AvgIpc) is 3.13. The zero-order valence-electron chi connectivity index (χ0n) is 12.7. The molecule has 1 N–H and O–H groups in total. The molecular formula is C17H26N2O2. The van der Waals surface area contributed by atoms with E-state index in [1.54, 1.807) is 0 Å². The van der Waals surface area contributed by atoms with Crippen molar-refractivity contribution in [2.75, 3.05) is 39.3 Å². The Bertz CT molecular complexity index is 429. The molecule has 4 nitrogen and oxygen atoms in total. The van der Waals surface area contributed by atoms with Crippen molar-refractivity contribution in [2.24, 2.45) is 0 Å². The van der Waals surface area contributed by atoms with E-state index in [-0.39, 0.29) is 6.10 Å². The Morgan fingerprint density at radius 3 is 2.48 bits per heavy atom. The van der Waals surface area contributed by atoms with Gasteiger partial charge in [0.2, 0.25) is 0 Å². The van der Waals surface area contributed by atoms with E-state index in [1.165, 1.54) is 31.5 Å². The highest BCUT2D eigenvalue weighted by atomic mass is 16.5. The van der Waals surface area contributed by atoms with Gasteiger partial charge in [0.25, 0.3) is 0 Å². The zero-order chi connectivity index (χ0) is 14.5. The number of ether oxygens (including phenoxy) is 1. The number of hydrogen-bond acceptors (Lipinski definition) is 4. The van der Waals surface area contributed by atoms with Crippen LogP contribution in [0.15, 0.2) is 24.3 Å². The fraction of sp³-hybridized carbons (Fsp3) is 0.647. The van der Waals surface area contributed by atoms with Crippen LogP contribution >= 0.6 is 0 Å². The van der Waals surface area contributed by atoms with Gasteiger partial charge in [0.15, 0.2) is 0 Å². The van der Waals surface area contributed by atoms with E-state index in [4.69, 9.17) is 4.74 Å². The summed E-state index contributed by atoms with van der Waals surface area (Å²) in [6.07, 6.45) is 3.43.